The summed E-state index contributed by atoms with van der Waals surface area (Å²) in [6, 6.07) is 7.75. The molecule has 2 aromatic rings. The number of benzene rings is 1. The lowest BCUT2D eigenvalue weighted by atomic mass is 10.3. The Morgan fingerprint density at radius 1 is 1.25 bits per heavy atom. The van der Waals surface area contributed by atoms with E-state index in [1.54, 1.807) is 37.4 Å². The average Bonchev–Trinajstić information content (AvgIpc) is 3.13. The van der Waals surface area contributed by atoms with E-state index in [9.17, 15) is 13.2 Å². The van der Waals surface area contributed by atoms with Gasteiger partial charge in [0, 0.05) is 0 Å². The Hall–Kier alpha value is -2.16. The highest BCUT2D eigenvalue weighted by Gasteiger charge is 2.23. The zero-order valence-corrected chi connectivity index (χ0v) is 18.7. The third-order valence-electron chi connectivity index (χ3n) is 3.33. The number of sulfonamides is 1. The minimum atomic E-state index is -4.11. The van der Waals surface area contributed by atoms with E-state index < -0.39 is 15.9 Å². The molecule has 1 N–H and O–H groups in total. The highest BCUT2D eigenvalue weighted by atomic mass is 35.5. The van der Waals surface area contributed by atoms with Crippen LogP contribution in [0, 0.1) is 0 Å². The van der Waals surface area contributed by atoms with Gasteiger partial charge in [-0.2, -0.15) is 0 Å². The molecule has 0 saturated carbocycles. The van der Waals surface area contributed by atoms with Crippen molar-refractivity contribution in [1.82, 2.24) is 4.72 Å². The van der Waals surface area contributed by atoms with Gasteiger partial charge in [-0.05, 0) is 37.4 Å². The fraction of sp³-hybridized carbons (Fsp3) is 0.263. The maximum atomic E-state index is 12.5. The van der Waals surface area contributed by atoms with Crippen LogP contribution in [0.2, 0.25) is 5.02 Å². The van der Waals surface area contributed by atoms with Gasteiger partial charge >= 0.3 is 0 Å². The Bertz CT molecular complexity index is 979. The predicted octanol–water partition coefficient (Wildman–Crippen LogP) is 4.65. The number of para-hydroxylation sites is 1. The van der Waals surface area contributed by atoms with Gasteiger partial charge in [-0.15, -0.1) is 11.3 Å². The zero-order valence-electron chi connectivity index (χ0n) is 16.3. The molecule has 0 atom stereocenters. The summed E-state index contributed by atoms with van der Waals surface area (Å²) < 4.78 is 32.1. The van der Waals surface area contributed by atoms with E-state index in [-0.39, 0.29) is 16.3 Å². The third-order valence-corrected chi connectivity index (χ3v) is 6.15. The van der Waals surface area contributed by atoms with E-state index in [4.69, 9.17) is 16.3 Å². The Morgan fingerprint density at radius 3 is 2.43 bits per heavy atom. The fourth-order valence-electron chi connectivity index (χ4n) is 2.10. The van der Waals surface area contributed by atoms with Crippen molar-refractivity contribution in [3.05, 3.63) is 57.4 Å². The largest absolute Gasteiger partial charge is 0.495 e. The average molecular weight is 443 g/mol. The number of allylic oxidation sites excluding steroid dienone is 1. The number of carbonyl (C=O) groups is 1. The Morgan fingerprint density at radius 2 is 1.89 bits per heavy atom. The number of thiophene rings is 1. The van der Waals surface area contributed by atoms with Crippen LogP contribution >= 0.6 is 22.9 Å². The Kier molecular flexibility index (Phi) is 9.37. The lowest BCUT2D eigenvalue weighted by molar-refractivity contribution is -0.115. The second kappa shape index (κ2) is 11.0. The predicted molar refractivity (Wildman–Crippen MR) is 115 cm³/mol. The molecule has 0 radical (unpaired) electrons. The number of rotatable bonds is 6. The number of halogens is 1. The Balaban J connectivity index is 0.00000190. The summed E-state index contributed by atoms with van der Waals surface area (Å²) in [4.78, 5) is 17.2. The molecule has 6 nitrogen and oxygen atoms in total. The SMILES string of the molecule is C/C=C(\N=C(C)c1sccc1Cl)C(=O)NS(=O)(=O)c1ccccc1OC.CC. The molecular weight excluding hydrogens is 420 g/mol. The van der Waals surface area contributed by atoms with Crippen molar-refractivity contribution < 1.29 is 17.9 Å². The van der Waals surface area contributed by atoms with E-state index in [0.29, 0.717) is 15.6 Å². The van der Waals surface area contributed by atoms with Crippen LogP contribution < -0.4 is 9.46 Å². The second-order valence-electron chi connectivity index (χ2n) is 5.05. The van der Waals surface area contributed by atoms with Crippen molar-refractivity contribution in [1.29, 1.82) is 0 Å². The number of aliphatic imine (C=N–C) groups is 1. The van der Waals surface area contributed by atoms with Crippen molar-refractivity contribution in [2.45, 2.75) is 32.6 Å². The topological polar surface area (TPSA) is 84.8 Å². The van der Waals surface area contributed by atoms with Crippen molar-refractivity contribution in [2.75, 3.05) is 7.11 Å². The summed E-state index contributed by atoms with van der Waals surface area (Å²) in [5.41, 5.74) is 0.480. The van der Waals surface area contributed by atoms with Gasteiger partial charge < -0.3 is 4.74 Å². The molecule has 0 saturated heterocycles. The second-order valence-corrected chi connectivity index (χ2v) is 8.03. The molecule has 28 heavy (non-hydrogen) atoms. The molecule has 1 amide bonds. The molecule has 1 aromatic carbocycles. The number of hydrogen-bond acceptors (Lipinski definition) is 6. The van der Waals surface area contributed by atoms with Crippen molar-refractivity contribution in [3.63, 3.8) is 0 Å². The third kappa shape index (κ3) is 5.92. The maximum absolute atomic E-state index is 12.5. The highest BCUT2D eigenvalue weighted by molar-refractivity contribution is 7.90. The van der Waals surface area contributed by atoms with Gasteiger partial charge in [0.25, 0.3) is 15.9 Å². The number of hydrogen-bond donors (Lipinski definition) is 1. The number of nitrogens with one attached hydrogen (secondary N) is 1. The zero-order chi connectivity index (χ0) is 21.3. The summed E-state index contributed by atoms with van der Waals surface area (Å²) in [6.45, 7) is 7.29. The molecule has 2 rings (SSSR count). The van der Waals surface area contributed by atoms with E-state index >= 15 is 0 Å². The summed E-state index contributed by atoms with van der Waals surface area (Å²) in [5.74, 6) is -0.703. The van der Waals surface area contributed by atoms with Crippen molar-refractivity contribution in [3.8, 4) is 5.75 Å². The van der Waals surface area contributed by atoms with E-state index in [1.165, 1.54) is 36.7 Å². The number of methoxy groups -OCH3 is 1. The van der Waals surface area contributed by atoms with Crippen LogP contribution in [-0.4, -0.2) is 27.1 Å². The van der Waals surface area contributed by atoms with Gasteiger partial charge in [0.1, 0.15) is 16.3 Å². The molecule has 0 aliphatic carbocycles. The number of amides is 1. The first kappa shape index (κ1) is 23.9. The molecule has 9 heteroatoms. The number of carbonyl (C=O) groups excluding carboxylic acids is 1. The molecule has 0 aliphatic rings. The molecule has 0 fully saturated rings. The van der Waals surface area contributed by atoms with Crippen LogP contribution in [0.4, 0.5) is 0 Å². The molecule has 0 unspecified atom stereocenters. The fourth-order valence-corrected chi connectivity index (χ4v) is 4.38. The summed E-state index contributed by atoms with van der Waals surface area (Å²) in [5, 5.41) is 2.33. The summed E-state index contributed by atoms with van der Waals surface area (Å²) in [6.07, 6.45) is 1.43. The molecule has 0 aliphatic heterocycles. The minimum absolute atomic E-state index is 0.0366. The van der Waals surface area contributed by atoms with Gasteiger partial charge in [0.15, 0.2) is 0 Å². The quantitative estimate of drug-likeness (QED) is 0.521. The van der Waals surface area contributed by atoms with Gasteiger partial charge in [-0.25, -0.2) is 18.1 Å². The first-order chi connectivity index (χ1) is 13.3. The first-order valence-corrected chi connectivity index (χ1v) is 11.2. The van der Waals surface area contributed by atoms with Crippen LogP contribution in [0.1, 0.15) is 32.6 Å². The van der Waals surface area contributed by atoms with Gasteiger partial charge in [0.2, 0.25) is 0 Å². The molecule has 1 heterocycles. The minimum Gasteiger partial charge on any atom is -0.495 e. The normalized spacial score (nSPS) is 12.1. The monoisotopic (exact) mass is 442 g/mol. The van der Waals surface area contributed by atoms with Crippen LogP contribution in [0.15, 0.2) is 57.4 Å². The van der Waals surface area contributed by atoms with E-state index in [1.807, 2.05) is 18.6 Å². The highest BCUT2D eigenvalue weighted by Crippen LogP contribution is 2.24. The van der Waals surface area contributed by atoms with Crippen LogP contribution in [0.5, 0.6) is 5.75 Å². The van der Waals surface area contributed by atoms with Crippen LogP contribution in [-0.2, 0) is 14.8 Å². The summed E-state index contributed by atoms with van der Waals surface area (Å²) in [7, 11) is -2.76. The summed E-state index contributed by atoms with van der Waals surface area (Å²) >= 11 is 7.44. The maximum Gasteiger partial charge on any atom is 0.283 e. The molecule has 1 aromatic heterocycles. The van der Waals surface area contributed by atoms with Gasteiger partial charge in [-0.3, -0.25) is 4.79 Å². The van der Waals surface area contributed by atoms with Gasteiger partial charge in [-0.1, -0.05) is 43.7 Å². The van der Waals surface area contributed by atoms with Crippen molar-refractivity contribution >= 4 is 44.6 Å². The van der Waals surface area contributed by atoms with E-state index in [0.717, 1.165) is 0 Å². The lowest BCUT2D eigenvalue weighted by Crippen LogP contribution is -2.31. The Labute approximate surface area is 175 Å². The van der Waals surface area contributed by atoms with Crippen LogP contribution in [0.25, 0.3) is 0 Å². The van der Waals surface area contributed by atoms with Crippen LogP contribution in [0.3, 0.4) is 0 Å². The molecular formula is C19H23ClN2O4S2. The molecule has 152 valence electrons. The molecule has 0 bridgehead atoms. The van der Waals surface area contributed by atoms with Crippen molar-refractivity contribution in [2.24, 2.45) is 4.99 Å². The van der Waals surface area contributed by atoms with Gasteiger partial charge in [0.05, 0.1) is 22.7 Å². The first-order valence-electron chi connectivity index (χ1n) is 8.45. The number of nitrogens with zero attached hydrogens (tertiary/aromatic N) is 1. The number of ether oxygens (including phenoxy) is 1. The molecule has 0 spiro atoms. The standard InChI is InChI=1S/C17H17ClN2O4S2.C2H6/c1-4-13(19-11(2)16-12(18)9-10-25-16)17(21)20-26(22,23)15-8-6-5-7-14(15)24-3;1-2/h4-10H,1-3H3,(H,20,21);1-2H3/b13-4-,19-11?;. The smallest absolute Gasteiger partial charge is 0.283 e. The van der Waals surface area contributed by atoms with E-state index in [2.05, 4.69) is 4.99 Å². The lowest BCUT2D eigenvalue weighted by Gasteiger charge is -2.11.